The van der Waals surface area contributed by atoms with E-state index in [1.807, 2.05) is 30.3 Å². The molecule has 1 radical (unpaired) electrons. The summed E-state index contributed by atoms with van der Waals surface area (Å²) in [4.78, 5) is 11.0. The standard InChI is InChI=1S/C17H16O2Si.3CH3.Ce/c18-15-11-14(12-15)13-19-20(16-7-3-1-4-8-16)17-9-5-2-6-10-17;;;;/h1,3-10,14H,11-13H2;3*1H3;/q4*-1;+4. The molecule has 0 atom stereocenters. The SMILES string of the molecule is O=C1CC(CO[Si](c2cc[c-]cc2)c2ccccc2)C1.[CH3-].[CH3-].[CH3-].[Ce+4]. The van der Waals surface area contributed by atoms with E-state index >= 15 is 0 Å². The first-order valence-electron chi connectivity index (χ1n) is 6.86. The van der Waals surface area contributed by atoms with Gasteiger partial charge in [0.05, 0.1) is 0 Å². The number of hydrogen-bond donors (Lipinski definition) is 0. The molecule has 0 spiro atoms. The Morgan fingerprint density at radius 2 is 1.50 bits per heavy atom. The van der Waals surface area contributed by atoms with Crippen molar-refractivity contribution in [2.75, 3.05) is 6.61 Å². The fraction of sp³-hybridized carbons (Fsp3) is 0.200. The molecule has 0 aliphatic heterocycles. The molecule has 0 unspecified atom stereocenters. The zero-order chi connectivity index (χ0) is 13.8. The van der Waals surface area contributed by atoms with Crippen molar-refractivity contribution in [1.29, 1.82) is 0 Å². The van der Waals surface area contributed by atoms with Gasteiger partial charge in [0.15, 0.2) is 0 Å². The normalized spacial score (nSPS) is 12.8. The number of carbonyl (C=O) groups is 1. The Morgan fingerprint density at radius 3 is 2.04 bits per heavy atom. The van der Waals surface area contributed by atoms with Gasteiger partial charge in [-0.3, -0.25) is 4.79 Å². The first-order valence-corrected chi connectivity index (χ1v) is 8.27. The molecule has 125 valence electrons. The van der Waals surface area contributed by atoms with Crippen molar-refractivity contribution in [2.24, 2.45) is 5.92 Å². The van der Waals surface area contributed by atoms with E-state index in [0.717, 1.165) is 0 Å². The van der Waals surface area contributed by atoms with Gasteiger partial charge >= 0.3 is 41.7 Å². The largest absolute Gasteiger partial charge is 4.00 e. The van der Waals surface area contributed by atoms with E-state index in [9.17, 15) is 4.79 Å². The smallest absolute Gasteiger partial charge is 0.409 e. The summed E-state index contributed by atoms with van der Waals surface area (Å²) < 4.78 is 6.20. The van der Waals surface area contributed by atoms with Crippen molar-refractivity contribution in [3.63, 3.8) is 0 Å². The molecule has 0 bridgehead atoms. The van der Waals surface area contributed by atoms with Crippen LogP contribution in [0, 0.1) is 76.0 Å². The van der Waals surface area contributed by atoms with Gasteiger partial charge in [0.1, 0.15) is 5.78 Å². The van der Waals surface area contributed by atoms with Gasteiger partial charge in [0.2, 0.25) is 0 Å². The number of ketones is 1. The second kappa shape index (κ2) is 12.9. The van der Waals surface area contributed by atoms with Crippen LogP contribution in [0.25, 0.3) is 0 Å². The summed E-state index contributed by atoms with van der Waals surface area (Å²) in [7, 11) is -1.22. The van der Waals surface area contributed by atoms with Crippen LogP contribution in [0.15, 0.2) is 54.6 Å². The van der Waals surface area contributed by atoms with Crippen LogP contribution in [0.1, 0.15) is 12.8 Å². The molecule has 1 aliphatic carbocycles. The number of carbonyl (C=O) groups excluding carboxylic acids is 1. The van der Waals surface area contributed by atoms with Crippen LogP contribution in [-0.4, -0.2) is 21.4 Å². The predicted molar refractivity (Wildman–Crippen MR) is 99.7 cm³/mol. The summed E-state index contributed by atoms with van der Waals surface area (Å²) in [5.74, 6) is 0.780. The minimum Gasteiger partial charge on any atom is -0.409 e. The maximum absolute atomic E-state index is 11.0. The molecule has 4 heteroatoms. The number of hydrogen-bond acceptors (Lipinski definition) is 2. The molecular formula is C20H25CeO2Si. The van der Waals surface area contributed by atoms with Gasteiger partial charge < -0.3 is 26.7 Å². The molecule has 1 saturated carbocycles. The minimum atomic E-state index is -1.22. The van der Waals surface area contributed by atoms with Crippen LogP contribution in [0.2, 0.25) is 0 Å². The van der Waals surface area contributed by atoms with E-state index in [2.05, 4.69) is 30.3 Å². The summed E-state index contributed by atoms with van der Waals surface area (Å²) >= 11 is 0. The Labute approximate surface area is 183 Å². The fourth-order valence-electron chi connectivity index (χ4n) is 2.36. The fourth-order valence-corrected chi connectivity index (χ4v) is 4.40. The van der Waals surface area contributed by atoms with Gasteiger partial charge in [0.25, 0.3) is 9.04 Å². The summed E-state index contributed by atoms with van der Waals surface area (Å²) in [5.41, 5.74) is 0. The third-order valence-electron chi connectivity index (χ3n) is 3.51. The average Bonchev–Trinajstić information content (AvgIpc) is 2.48. The van der Waals surface area contributed by atoms with Crippen molar-refractivity contribution < 1.29 is 51.0 Å². The Hall–Kier alpha value is -0.336. The van der Waals surface area contributed by atoms with Gasteiger partial charge in [-0.2, -0.15) is 30.3 Å². The van der Waals surface area contributed by atoms with Crippen molar-refractivity contribution in [1.82, 2.24) is 0 Å². The molecule has 24 heavy (non-hydrogen) atoms. The second-order valence-electron chi connectivity index (χ2n) is 5.11. The Balaban J connectivity index is 0. The van der Waals surface area contributed by atoms with Crippen LogP contribution in [0.5, 0.6) is 0 Å². The van der Waals surface area contributed by atoms with Crippen molar-refractivity contribution in [3.05, 3.63) is 82.9 Å². The van der Waals surface area contributed by atoms with Crippen LogP contribution < -0.4 is 10.4 Å². The molecule has 0 aromatic heterocycles. The molecule has 3 rings (SSSR count). The first-order chi connectivity index (χ1) is 9.83. The van der Waals surface area contributed by atoms with E-state index in [1.54, 1.807) is 0 Å². The zero-order valence-corrected chi connectivity index (χ0v) is 18.9. The number of rotatable bonds is 5. The molecule has 2 nitrogen and oxygen atoms in total. The van der Waals surface area contributed by atoms with E-state index in [1.165, 1.54) is 10.4 Å². The third kappa shape index (κ3) is 6.88. The third-order valence-corrected chi connectivity index (χ3v) is 5.68. The molecule has 0 N–H and O–H groups in total. The topological polar surface area (TPSA) is 26.3 Å². The van der Waals surface area contributed by atoms with Gasteiger partial charge in [-0.25, -0.2) is 0 Å². The Bertz CT molecular complexity index is 527. The predicted octanol–water partition coefficient (Wildman–Crippen LogP) is 2.94. The van der Waals surface area contributed by atoms with Crippen LogP contribution in [0.4, 0.5) is 0 Å². The van der Waals surface area contributed by atoms with E-state index < -0.39 is 9.04 Å². The quantitative estimate of drug-likeness (QED) is 0.501. The Kier molecular flexibility index (Phi) is 14.0. The molecule has 1 aliphatic rings. The van der Waals surface area contributed by atoms with Crippen LogP contribution in [0.3, 0.4) is 0 Å². The van der Waals surface area contributed by atoms with Crippen molar-refractivity contribution in [3.8, 4) is 0 Å². The molecule has 0 saturated heterocycles. The van der Waals surface area contributed by atoms with Gasteiger partial charge in [-0.05, 0) is 11.1 Å². The Morgan fingerprint density at radius 1 is 0.958 bits per heavy atom. The summed E-state index contributed by atoms with van der Waals surface area (Å²) in [6, 6.07) is 21.4. The minimum absolute atomic E-state index is 0. The molecule has 1 fully saturated rings. The van der Waals surface area contributed by atoms with Crippen molar-refractivity contribution >= 4 is 25.2 Å². The summed E-state index contributed by atoms with van der Waals surface area (Å²) in [6.07, 6.45) is 1.37. The molecule has 0 amide bonds. The monoisotopic (exact) mass is 465 g/mol. The second-order valence-corrected chi connectivity index (χ2v) is 7.21. The van der Waals surface area contributed by atoms with Crippen LogP contribution in [-0.2, 0) is 9.22 Å². The molecular weight excluding hydrogens is 440 g/mol. The number of benzene rings is 2. The van der Waals surface area contributed by atoms with E-state index in [0.29, 0.717) is 31.1 Å². The van der Waals surface area contributed by atoms with Crippen LogP contribution >= 0.6 is 0 Å². The zero-order valence-electron chi connectivity index (χ0n) is 14.7. The van der Waals surface area contributed by atoms with Gasteiger partial charge in [-0.1, -0.05) is 30.3 Å². The maximum Gasteiger partial charge on any atom is 4.00 e. The number of Topliss-reactive ketones (excluding diaryl/α,β-unsaturated/α-hetero) is 1. The van der Waals surface area contributed by atoms with Crippen molar-refractivity contribution in [2.45, 2.75) is 12.8 Å². The van der Waals surface area contributed by atoms with E-state index in [-0.39, 0.29) is 64.0 Å². The average molecular weight is 466 g/mol. The maximum atomic E-state index is 11.0. The van der Waals surface area contributed by atoms with Gasteiger partial charge in [-0.15, -0.1) is 5.19 Å². The summed E-state index contributed by atoms with van der Waals surface area (Å²) in [6.45, 7) is 0.688. The van der Waals surface area contributed by atoms with Gasteiger partial charge in [0, 0.05) is 19.4 Å². The molecule has 0 heterocycles. The first kappa shape index (κ1) is 25.9. The molecule has 2 aromatic carbocycles. The molecule has 2 aromatic rings. The summed E-state index contributed by atoms with van der Waals surface area (Å²) in [5, 5.41) is 2.47. The van der Waals surface area contributed by atoms with E-state index in [4.69, 9.17) is 4.43 Å².